The second-order valence-corrected chi connectivity index (χ2v) is 12.5. The molecule has 11 nitrogen and oxygen atoms in total. The summed E-state index contributed by atoms with van der Waals surface area (Å²) < 4.78 is 19.0. The van der Waals surface area contributed by atoms with Gasteiger partial charge in [-0.15, -0.1) is 0 Å². The van der Waals surface area contributed by atoms with Crippen LogP contribution in [0.5, 0.6) is 6.01 Å². The van der Waals surface area contributed by atoms with Crippen LogP contribution in [0.3, 0.4) is 0 Å². The lowest BCUT2D eigenvalue weighted by atomic mass is 9.96. The van der Waals surface area contributed by atoms with Crippen LogP contribution in [0.25, 0.3) is 10.9 Å². The number of fused-ring (bicyclic) bond motifs is 5. The zero-order chi connectivity index (χ0) is 29.9. The van der Waals surface area contributed by atoms with E-state index < -0.39 is 30.3 Å². The fraction of sp³-hybridized carbons (Fsp3) is 0.656. The van der Waals surface area contributed by atoms with E-state index in [1.807, 2.05) is 12.1 Å². The van der Waals surface area contributed by atoms with E-state index in [1.165, 1.54) is 12.0 Å². The number of aromatic nitrogens is 2. The third-order valence-corrected chi connectivity index (χ3v) is 9.83. The van der Waals surface area contributed by atoms with E-state index in [0.29, 0.717) is 17.4 Å². The standard InChI is InChI=1S/C32H42N4O7/c1-41-30(39)25-18-22-19-36(25)29(38)27(21-11-4-5-12-21)34-32(40)43-26-16-9-13-20(26)10-3-2-8-17-35-28(37)23-14-6-7-15-24(23)33-31(35)42-22/h6-7,14-15,20-22,25-27H,2-5,8-13,16-19H2,1H3,(H,34,40)/t20-,22-,25+,26?,27+/m1/s1. The number of hydrogen-bond acceptors (Lipinski definition) is 8. The van der Waals surface area contributed by atoms with Crippen molar-refractivity contribution in [3.63, 3.8) is 0 Å². The van der Waals surface area contributed by atoms with Gasteiger partial charge in [-0.25, -0.2) is 9.59 Å². The van der Waals surface area contributed by atoms with E-state index in [-0.39, 0.29) is 48.4 Å². The summed E-state index contributed by atoms with van der Waals surface area (Å²) in [6.45, 7) is 0.546. The van der Waals surface area contributed by atoms with Crippen LogP contribution in [0.2, 0.25) is 0 Å². The highest BCUT2D eigenvalue weighted by Gasteiger charge is 2.46. The molecule has 3 fully saturated rings. The van der Waals surface area contributed by atoms with Gasteiger partial charge in [0, 0.05) is 13.0 Å². The number of nitrogens with zero attached hydrogens (tertiary/aromatic N) is 3. The van der Waals surface area contributed by atoms with Crippen molar-refractivity contribution < 1.29 is 28.6 Å². The van der Waals surface area contributed by atoms with Gasteiger partial charge in [-0.1, -0.05) is 37.8 Å². The van der Waals surface area contributed by atoms with E-state index in [2.05, 4.69) is 5.32 Å². The normalized spacial score (nSPS) is 29.1. The SMILES string of the molecule is COC(=O)[C@@H]1C[C@@H]2CN1C(=O)[C@H](C1CCCC1)NC(=O)OC1CCC[C@H]1CCCCCn1c(nc3ccccc3c1=O)O2. The van der Waals surface area contributed by atoms with Crippen LogP contribution in [0.15, 0.2) is 29.1 Å². The van der Waals surface area contributed by atoms with E-state index in [4.69, 9.17) is 19.2 Å². The Morgan fingerprint density at radius 3 is 2.49 bits per heavy atom. The number of carbonyl (C=O) groups excluding carboxylic acids is 3. The molecule has 1 aromatic heterocycles. The van der Waals surface area contributed by atoms with Crippen molar-refractivity contribution in [2.24, 2.45) is 11.8 Å². The number of amides is 2. The molecule has 232 valence electrons. The van der Waals surface area contributed by atoms with E-state index >= 15 is 0 Å². The monoisotopic (exact) mass is 594 g/mol. The minimum Gasteiger partial charge on any atom is -0.467 e. The Labute approximate surface area is 251 Å². The molecule has 2 amide bonds. The molecule has 1 saturated heterocycles. The number of rotatable bonds is 2. The molecule has 1 N–H and O–H groups in total. The molecular weight excluding hydrogens is 552 g/mol. The molecule has 6 rings (SSSR count). The molecule has 4 aliphatic rings. The van der Waals surface area contributed by atoms with Crippen molar-refractivity contribution in [1.29, 1.82) is 0 Å². The average Bonchev–Trinajstić information content (AvgIpc) is 3.78. The lowest BCUT2D eigenvalue weighted by Gasteiger charge is -2.31. The lowest BCUT2D eigenvalue weighted by Crippen LogP contribution is -2.55. The highest BCUT2D eigenvalue weighted by molar-refractivity contribution is 5.90. The summed E-state index contributed by atoms with van der Waals surface area (Å²) in [7, 11) is 1.30. The van der Waals surface area contributed by atoms with Crippen LogP contribution >= 0.6 is 0 Å². The highest BCUT2D eigenvalue weighted by atomic mass is 16.6. The fourth-order valence-corrected chi connectivity index (χ4v) is 7.56. The molecule has 5 atom stereocenters. The van der Waals surface area contributed by atoms with E-state index in [1.54, 1.807) is 16.7 Å². The average molecular weight is 595 g/mol. The first kappa shape index (κ1) is 29.4. The molecule has 43 heavy (non-hydrogen) atoms. The van der Waals surface area contributed by atoms with Crippen molar-refractivity contribution in [1.82, 2.24) is 19.8 Å². The summed E-state index contributed by atoms with van der Waals surface area (Å²) in [5, 5.41) is 3.45. The summed E-state index contributed by atoms with van der Waals surface area (Å²) in [5.74, 6) is -0.651. The number of ether oxygens (including phenoxy) is 3. The number of hydrogen-bond donors (Lipinski definition) is 1. The van der Waals surface area contributed by atoms with Crippen LogP contribution < -0.4 is 15.6 Å². The van der Waals surface area contributed by atoms with Crippen molar-refractivity contribution >= 4 is 28.9 Å². The number of alkyl carbamates (subject to hydrolysis) is 1. The summed E-state index contributed by atoms with van der Waals surface area (Å²) in [5.41, 5.74) is 0.367. The van der Waals surface area contributed by atoms with E-state index in [9.17, 15) is 19.2 Å². The zero-order valence-corrected chi connectivity index (χ0v) is 24.9. The van der Waals surface area contributed by atoms with Gasteiger partial charge in [-0.05, 0) is 68.9 Å². The first-order chi connectivity index (χ1) is 20.9. The molecule has 1 aromatic carbocycles. The van der Waals surface area contributed by atoms with Crippen molar-refractivity contribution in [3.05, 3.63) is 34.6 Å². The quantitative estimate of drug-likeness (QED) is 0.518. The third-order valence-electron chi connectivity index (χ3n) is 9.83. The largest absolute Gasteiger partial charge is 0.467 e. The Morgan fingerprint density at radius 1 is 0.930 bits per heavy atom. The summed E-state index contributed by atoms with van der Waals surface area (Å²) in [4.78, 5) is 60.1. The second-order valence-electron chi connectivity index (χ2n) is 12.5. The van der Waals surface area contributed by atoms with Crippen molar-refractivity contribution in [2.75, 3.05) is 13.7 Å². The fourth-order valence-electron chi connectivity index (χ4n) is 7.56. The second kappa shape index (κ2) is 12.9. The predicted octanol–water partition coefficient (Wildman–Crippen LogP) is 3.95. The summed E-state index contributed by atoms with van der Waals surface area (Å²) in [6, 6.07) is 5.70. The summed E-state index contributed by atoms with van der Waals surface area (Å²) >= 11 is 0. The van der Waals surface area contributed by atoms with Crippen LogP contribution in [0.1, 0.15) is 77.0 Å². The van der Waals surface area contributed by atoms with Crippen LogP contribution in [0, 0.1) is 11.8 Å². The molecule has 2 aliphatic heterocycles. The molecule has 0 radical (unpaired) electrons. The van der Waals surface area contributed by atoms with Gasteiger partial charge in [-0.3, -0.25) is 14.2 Å². The first-order valence-electron chi connectivity index (χ1n) is 15.9. The van der Waals surface area contributed by atoms with Crippen LogP contribution in [0.4, 0.5) is 4.79 Å². The summed E-state index contributed by atoms with van der Waals surface area (Å²) in [6.07, 6.45) is 8.83. The van der Waals surface area contributed by atoms with Gasteiger partial charge in [0.25, 0.3) is 11.6 Å². The Kier molecular flexibility index (Phi) is 8.85. The van der Waals surface area contributed by atoms with Gasteiger partial charge in [0.2, 0.25) is 5.91 Å². The number of carbonyl (C=O) groups is 3. The highest BCUT2D eigenvalue weighted by Crippen LogP contribution is 2.34. The molecule has 2 saturated carbocycles. The van der Waals surface area contributed by atoms with Gasteiger partial charge >= 0.3 is 12.1 Å². The zero-order valence-electron chi connectivity index (χ0n) is 24.9. The predicted molar refractivity (Wildman–Crippen MR) is 158 cm³/mol. The Bertz CT molecular complexity index is 1400. The maximum atomic E-state index is 14.2. The molecule has 11 heteroatoms. The minimum atomic E-state index is -0.883. The molecule has 2 aromatic rings. The Morgan fingerprint density at radius 2 is 1.67 bits per heavy atom. The Balaban J connectivity index is 1.35. The van der Waals surface area contributed by atoms with Crippen LogP contribution in [-0.4, -0.2) is 70.4 Å². The number of methoxy groups -OCH3 is 1. The molecule has 2 aliphatic carbocycles. The van der Waals surface area contributed by atoms with E-state index in [0.717, 1.165) is 70.6 Å². The molecular formula is C32H42N4O7. The van der Waals surface area contributed by atoms with Gasteiger partial charge in [0.15, 0.2) is 0 Å². The molecule has 2 bridgehead atoms. The maximum Gasteiger partial charge on any atom is 0.408 e. The van der Waals surface area contributed by atoms with Gasteiger partial charge in [0.1, 0.15) is 24.3 Å². The number of nitrogens with one attached hydrogen (secondary N) is 1. The van der Waals surface area contributed by atoms with Gasteiger partial charge in [0.05, 0.1) is 24.6 Å². The minimum absolute atomic E-state index is 0.0457. The lowest BCUT2D eigenvalue weighted by molar-refractivity contribution is -0.152. The van der Waals surface area contributed by atoms with Crippen molar-refractivity contribution in [3.8, 4) is 6.01 Å². The third kappa shape index (κ3) is 6.21. The number of para-hydroxylation sites is 1. The number of benzene rings is 1. The topological polar surface area (TPSA) is 129 Å². The Hall–Kier alpha value is -3.63. The van der Waals surface area contributed by atoms with Gasteiger partial charge < -0.3 is 24.4 Å². The molecule has 1 unspecified atom stereocenters. The van der Waals surface area contributed by atoms with Gasteiger partial charge in [-0.2, -0.15) is 4.98 Å². The van der Waals surface area contributed by atoms with Crippen molar-refractivity contribution in [2.45, 2.75) is 108 Å². The maximum absolute atomic E-state index is 14.2. The first-order valence-corrected chi connectivity index (χ1v) is 15.9. The number of esters is 1. The molecule has 0 spiro atoms. The van der Waals surface area contributed by atoms with Crippen LogP contribution in [-0.2, 0) is 25.6 Å². The molecule has 3 heterocycles. The smallest absolute Gasteiger partial charge is 0.408 e.